The molecule has 3 heterocycles. The van der Waals surface area contributed by atoms with Gasteiger partial charge < -0.3 is 10.1 Å². The number of thiophene rings is 1. The van der Waals surface area contributed by atoms with E-state index in [1.54, 1.807) is 17.7 Å². The van der Waals surface area contributed by atoms with Crippen LogP contribution < -0.4 is 10.9 Å². The van der Waals surface area contributed by atoms with E-state index in [4.69, 9.17) is 4.74 Å². The van der Waals surface area contributed by atoms with Crippen molar-refractivity contribution in [2.24, 2.45) is 5.92 Å². The smallest absolute Gasteiger partial charge is 0.262 e. The molecular formula is C22H34N4O2S. The van der Waals surface area contributed by atoms with E-state index >= 15 is 0 Å². The highest BCUT2D eigenvalue weighted by atomic mass is 32.1. The highest BCUT2D eigenvalue weighted by molar-refractivity contribution is 7.18. The average Bonchev–Trinajstić information content (AvgIpc) is 3.10. The molecule has 2 aromatic heterocycles. The zero-order valence-electron chi connectivity index (χ0n) is 17.8. The number of rotatable bonds is 8. The van der Waals surface area contributed by atoms with Gasteiger partial charge in [0.1, 0.15) is 4.83 Å². The average molecular weight is 419 g/mol. The lowest BCUT2D eigenvalue weighted by Crippen LogP contribution is -2.39. The third-order valence-electron chi connectivity index (χ3n) is 6.17. The lowest BCUT2D eigenvalue weighted by atomic mass is 9.93. The van der Waals surface area contributed by atoms with E-state index in [0.717, 1.165) is 81.8 Å². The first kappa shape index (κ1) is 21.0. The van der Waals surface area contributed by atoms with E-state index in [1.165, 1.54) is 16.9 Å². The van der Waals surface area contributed by atoms with Gasteiger partial charge in [0.05, 0.1) is 24.9 Å². The molecule has 1 aliphatic carbocycles. The van der Waals surface area contributed by atoms with Gasteiger partial charge in [0.25, 0.3) is 5.56 Å². The first-order valence-electron chi connectivity index (χ1n) is 11.1. The van der Waals surface area contributed by atoms with Crippen LogP contribution in [0, 0.1) is 5.92 Å². The maximum atomic E-state index is 13.0. The molecule has 0 bridgehead atoms. The summed E-state index contributed by atoms with van der Waals surface area (Å²) in [6.07, 6.45) is 7.06. The molecule has 2 aliphatic rings. The number of ether oxygens (including phenoxy) is 1. The Balaban J connectivity index is 1.35. The summed E-state index contributed by atoms with van der Waals surface area (Å²) in [6.45, 7) is 11.2. The minimum Gasteiger partial charge on any atom is -0.379 e. The molecule has 7 heteroatoms. The molecule has 0 spiro atoms. The summed E-state index contributed by atoms with van der Waals surface area (Å²) in [4.78, 5) is 22.4. The largest absolute Gasteiger partial charge is 0.379 e. The molecule has 1 fully saturated rings. The van der Waals surface area contributed by atoms with Crippen molar-refractivity contribution in [3.63, 3.8) is 0 Å². The maximum absolute atomic E-state index is 13.0. The van der Waals surface area contributed by atoms with E-state index in [2.05, 4.69) is 29.0 Å². The summed E-state index contributed by atoms with van der Waals surface area (Å²) >= 11 is 1.73. The molecule has 0 radical (unpaired) electrons. The van der Waals surface area contributed by atoms with E-state index in [1.807, 2.05) is 4.57 Å². The maximum Gasteiger partial charge on any atom is 0.262 e. The van der Waals surface area contributed by atoms with Crippen LogP contribution in [0.4, 0.5) is 0 Å². The highest BCUT2D eigenvalue weighted by Crippen LogP contribution is 2.33. The third kappa shape index (κ3) is 5.08. The molecule has 1 atom stereocenters. The quantitative estimate of drug-likeness (QED) is 0.668. The molecule has 1 unspecified atom stereocenters. The molecule has 0 saturated carbocycles. The van der Waals surface area contributed by atoms with Crippen LogP contribution >= 0.6 is 11.3 Å². The SMILES string of the molecule is CC(C)CCn1cnc2sc3c(c2c1=O)CCC(NCCCN1CCOCC1)C3. The number of aromatic nitrogens is 2. The number of hydrogen-bond donors (Lipinski definition) is 1. The molecule has 1 aliphatic heterocycles. The van der Waals surface area contributed by atoms with Crippen molar-refractivity contribution in [1.29, 1.82) is 0 Å². The zero-order chi connectivity index (χ0) is 20.2. The Morgan fingerprint density at radius 2 is 2.14 bits per heavy atom. The first-order valence-corrected chi connectivity index (χ1v) is 12.0. The predicted molar refractivity (Wildman–Crippen MR) is 119 cm³/mol. The minimum absolute atomic E-state index is 0.157. The van der Waals surface area contributed by atoms with Crippen LogP contribution in [0.2, 0.25) is 0 Å². The summed E-state index contributed by atoms with van der Waals surface area (Å²) in [6, 6.07) is 0.517. The molecule has 160 valence electrons. The number of nitrogens with one attached hydrogen (secondary N) is 1. The van der Waals surface area contributed by atoms with Crippen molar-refractivity contribution in [1.82, 2.24) is 19.8 Å². The van der Waals surface area contributed by atoms with Gasteiger partial charge >= 0.3 is 0 Å². The van der Waals surface area contributed by atoms with Gasteiger partial charge in [0.15, 0.2) is 0 Å². The van der Waals surface area contributed by atoms with Gasteiger partial charge in [-0.1, -0.05) is 13.8 Å². The lowest BCUT2D eigenvalue weighted by molar-refractivity contribution is 0.0373. The number of morpholine rings is 1. The molecule has 1 saturated heterocycles. The van der Waals surface area contributed by atoms with Crippen LogP contribution in [0.3, 0.4) is 0 Å². The summed E-state index contributed by atoms with van der Waals surface area (Å²) in [5.74, 6) is 0.587. The molecule has 6 nitrogen and oxygen atoms in total. The van der Waals surface area contributed by atoms with Crippen LogP contribution in [-0.2, 0) is 24.1 Å². The van der Waals surface area contributed by atoms with Crippen LogP contribution in [0.5, 0.6) is 0 Å². The second-order valence-electron chi connectivity index (χ2n) is 8.81. The van der Waals surface area contributed by atoms with Gasteiger partial charge in [0, 0.05) is 30.6 Å². The second kappa shape index (κ2) is 9.69. The van der Waals surface area contributed by atoms with Crippen LogP contribution in [-0.4, -0.2) is 59.9 Å². The van der Waals surface area contributed by atoms with Crippen molar-refractivity contribution in [3.05, 3.63) is 27.1 Å². The van der Waals surface area contributed by atoms with Gasteiger partial charge in [-0.25, -0.2) is 4.98 Å². The topological polar surface area (TPSA) is 59.4 Å². The van der Waals surface area contributed by atoms with Gasteiger partial charge in [-0.15, -0.1) is 11.3 Å². The van der Waals surface area contributed by atoms with Gasteiger partial charge in [-0.2, -0.15) is 0 Å². The van der Waals surface area contributed by atoms with Crippen molar-refractivity contribution in [3.8, 4) is 0 Å². The summed E-state index contributed by atoms with van der Waals surface area (Å²) in [5.41, 5.74) is 1.43. The van der Waals surface area contributed by atoms with Crippen molar-refractivity contribution in [2.75, 3.05) is 39.4 Å². The van der Waals surface area contributed by atoms with Gasteiger partial charge in [-0.05, 0) is 56.7 Å². The zero-order valence-corrected chi connectivity index (χ0v) is 18.6. The predicted octanol–water partition coefficient (Wildman–Crippen LogP) is 2.67. The standard InChI is InChI=1S/C22H34N4O2S/c1-16(2)6-9-26-15-24-21-20(22(26)27)18-5-4-17(14-19(18)29-21)23-7-3-8-25-10-12-28-13-11-25/h15-17,23H,3-14H2,1-2H3. The Hall–Kier alpha value is -1.28. The highest BCUT2D eigenvalue weighted by Gasteiger charge is 2.25. The molecule has 4 rings (SSSR count). The summed E-state index contributed by atoms with van der Waals surface area (Å²) in [7, 11) is 0. The summed E-state index contributed by atoms with van der Waals surface area (Å²) in [5, 5.41) is 4.64. The molecule has 2 aromatic rings. The fraction of sp³-hybridized carbons (Fsp3) is 0.727. The van der Waals surface area contributed by atoms with Gasteiger partial charge in [0.2, 0.25) is 0 Å². The first-order chi connectivity index (χ1) is 14.1. The number of nitrogens with zero attached hydrogens (tertiary/aromatic N) is 3. The van der Waals surface area contributed by atoms with Crippen molar-refractivity contribution >= 4 is 21.6 Å². The van der Waals surface area contributed by atoms with E-state index in [0.29, 0.717) is 12.0 Å². The molecular weight excluding hydrogens is 384 g/mol. The van der Waals surface area contributed by atoms with E-state index < -0.39 is 0 Å². The van der Waals surface area contributed by atoms with Crippen LogP contribution in [0.25, 0.3) is 10.2 Å². The Labute approximate surface area is 177 Å². The van der Waals surface area contributed by atoms with Crippen molar-refractivity contribution in [2.45, 2.75) is 58.5 Å². The Morgan fingerprint density at radius 1 is 1.31 bits per heavy atom. The minimum atomic E-state index is 0.157. The number of aryl methyl sites for hydroxylation is 2. The number of hydrogen-bond acceptors (Lipinski definition) is 6. The molecule has 0 amide bonds. The number of fused-ring (bicyclic) bond motifs is 3. The van der Waals surface area contributed by atoms with E-state index in [-0.39, 0.29) is 5.56 Å². The normalized spacial score (nSPS) is 20.4. The Bertz CT molecular complexity index is 870. The van der Waals surface area contributed by atoms with Crippen LogP contribution in [0.1, 0.15) is 43.6 Å². The third-order valence-corrected chi connectivity index (χ3v) is 7.33. The van der Waals surface area contributed by atoms with Gasteiger partial charge in [-0.3, -0.25) is 14.3 Å². The fourth-order valence-electron chi connectivity index (χ4n) is 4.37. The van der Waals surface area contributed by atoms with Crippen molar-refractivity contribution < 1.29 is 4.74 Å². The Kier molecular flexibility index (Phi) is 7.00. The second-order valence-corrected chi connectivity index (χ2v) is 9.89. The van der Waals surface area contributed by atoms with E-state index in [9.17, 15) is 4.79 Å². The van der Waals surface area contributed by atoms with Crippen LogP contribution in [0.15, 0.2) is 11.1 Å². The molecule has 29 heavy (non-hydrogen) atoms. The summed E-state index contributed by atoms with van der Waals surface area (Å²) < 4.78 is 7.22. The lowest BCUT2D eigenvalue weighted by Gasteiger charge is -2.27. The Morgan fingerprint density at radius 3 is 2.93 bits per heavy atom. The monoisotopic (exact) mass is 418 g/mol. The molecule has 0 aromatic carbocycles. The molecule has 1 N–H and O–H groups in total. The fourth-order valence-corrected chi connectivity index (χ4v) is 5.62.